The average molecular weight is 364 g/mol. The van der Waals surface area contributed by atoms with E-state index in [1.165, 1.54) is 12.1 Å². The zero-order valence-electron chi connectivity index (χ0n) is 12.0. The van der Waals surface area contributed by atoms with Crippen LogP contribution >= 0.6 is 0 Å². The summed E-state index contributed by atoms with van der Waals surface area (Å²) in [6.07, 6.45) is 0.931. The maximum atomic E-state index is 11.8. The third kappa shape index (κ3) is 6.65. The van der Waals surface area contributed by atoms with E-state index in [1.807, 2.05) is 0 Å². The van der Waals surface area contributed by atoms with Gasteiger partial charge in [0.15, 0.2) is 0 Å². The molecule has 13 heteroatoms. The molecule has 1 atom stereocenters. The fraction of sp³-hybridized carbons (Fsp3) is 0.333. The monoisotopic (exact) mass is 364 g/mol. The van der Waals surface area contributed by atoms with Crippen LogP contribution in [0.1, 0.15) is 6.92 Å². The molecule has 0 aromatic heterocycles. The minimum Gasteiger partial charge on any atom is -0.747 e. The average Bonchev–Trinajstić information content (AvgIpc) is 2.25. The number of anilines is 1. The zero-order valence-corrected chi connectivity index (χ0v) is 14.4. The van der Waals surface area contributed by atoms with Crippen molar-refractivity contribution in [2.75, 3.05) is 11.0 Å². The van der Waals surface area contributed by atoms with Gasteiger partial charge in [-0.25, -0.2) is 25.3 Å². The van der Waals surface area contributed by atoms with Gasteiger partial charge in [-0.3, -0.25) is 4.72 Å². The van der Waals surface area contributed by atoms with Gasteiger partial charge >= 0.3 is 18.9 Å². The summed E-state index contributed by atoms with van der Waals surface area (Å²) in [5.74, 6) is 0. The predicted octanol–water partition coefficient (Wildman–Crippen LogP) is -3.77. The largest absolute Gasteiger partial charge is 1.00 e. The molecule has 0 aliphatic carbocycles. The number of nitrogens with one attached hydrogen (secondary N) is 2. The minimum absolute atomic E-state index is 0. The SMILES string of the molecule is CC(NS(=O)(=O)c1ccc(NS(C)(=O)=O)cc1)S(=O)(=O)[O-].[Li+]. The Morgan fingerprint density at radius 2 is 1.45 bits per heavy atom. The molecule has 1 rings (SSSR count). The third-order valence-corrected chi connectivity index (χ3v) is 5.52. The first-order valence-corrected chi connectivity index (χ1v) is 10.2. The number of hydrogen-bond donors (Lipinski definition) is 2. The molecule has 0 fully saturated rings. The maximum Gasteiger partial charge on any atom is 1.00 e. The minimum atomic E-state index is -4.81. The summed E-state index contributed by atoms with van der Waals surface area (Å²) in [6, 6.07) is 4.51. The molecule has 0 saturated heterocycles. The van der Waals surface area contributed by atoms with Crippen molar-refractivity contribution < 1.29 is 48.7 Å². The van der Waals surface area contributed by atoms with Crippen LogP contribution in [0, 0.1) is 0 Å². The Balaban J connectivity index is 0.00000441. The van der Waals surface area contributed by atoms with E-state index >= 15 is 0 Å². The standard InChI is InChI=1S/C9H14N2O7S3.Li/c1-7(21(16,17)18)10-20(14,15)9-5-3-8(4-6-9)11-19(2,12)13;/h3-7,10-11H,1-2H3,(H,16,17,18);/q;+1/p-1. The molecule has 0 heterocycles. The Morgan fingerprint density at radius 1 is 1.00 bits per heavy atom. The van der Waals surface area contributed by atoms with Gasteiger partial charge in [-0.2, -0.15) is 4.72 Å². The summed E-state index contributed by atoms with van der Waals surface area (Å²) in [5.41, 5.74) is 0.140. The van der Waals surface area contributed by atoms with Crippen molar-refractivity contribution in [1.82, 2.24) is 4.72 Å². The smallest absolute Gasteiger partial charge is 0.747 e. The van der Waals surface area contributed by atoms with Crippen LogP contribution in [0.4, 0.5) is 5.69 Å². The van der Waals surface area contributed by atoms with Gasteiger partial charge in [0.05, 0.1) is 11.2 Å². The van der Waals surface area contributed by atoms with Crippen LogP contribution in [0.15, 0.2) is 29.2 Å². The summed E-state index contributed by atoms with van der Waals surface area (Å²) in [6.45, 7) is 0.902. The van der Waals surface area contributed by atoms with E-state index in [4.69, 9.17) is 0 Å². The van der Waals surface area contributed by atoms with Crippen molar-refractivity contribution in [3.05, 3.63) is 24.3 Å². The first-order chi connectivity index (χ1) is 9.31. The molecule has 0 aliphatic rings. The Kier molecular flexibility index (Phi) is 7.10. The van der Waals surface area contributed by atoms with Crippen LogP contribution in [-0.4, -0.2) is 41.4 Å². The zero-order chi connectivity index (χ0) is 16.5. The second-order valence-electron chi connectivity index (χ2n) is 4.15. The van der Waals surface area contributed by atoms with E-state index < -0.39 is 35.5 Å². The maximum absolute atomic E-state index is 11.8. The topological polar surface area (TPSA) is 150 Å². The first kappa shape index (κ1) is 21.4. The molecule has 0 saturated carbocycles. The normalized spacial score (nSPS) is 14.0. The quantitative estimate of drug-likeness (QED) is 0.389. The number of benzene rings is 1. The van der Waals surface area contributed by atoms with Crippen LogP contribution in [0.5, 0.6) is 0 Å². The fourth-order valence-corrected chi connectivity index (χ4v) is 3.74. The summed E-state index contributed by atoms with van der Waals surface area (Å²) >= 11 is 0. The van der Waals surface area contributed by atoms with E-state index in [9.17, 15) is 29.8 Å². The van der Waals surface area contributed by atoms with Crippen LogP contribution in [0.25, 0.3) is 0 Å². The van der Waals surface area contributed by atoms with Crippen molar-refractivity contribution in [3.63, 3.8) is 0 Å². The van der Waals surface area contributed by atoms with Gasteiger partial charge in [0.2, 0.25) is 20.0 Å². The molecule has 0 spiro atoms. The molecule has 9 nitrogen and oxygen atoms in total. The van der Waals surface area contributed by atoms with E-state index in [-0.39, 0.29) is 29.4 Å². The third-order valence-electron chi connectivity index (χ3n) is 2.22. The Labute approximate surface area is 141 Å². The molecule has 0 radical (unpaired) electrons. The van der Waals surface area contributed by atoms with E-state index in [0.717, 1.165) is 25.3 Å². The Bertz CT molecular complexity index is 816. The molecule has 0 amide bonds. The van der Waals surface area contributed by atoms with Gasteiger partial charge < -0.3 is 4.55 Å². The summed E-state index contributed by atoms with van der Waals surface area (Å²) in [5, 5.41) is -1.82. The van der Waals surface area contributed by atoms with Gasteiger partial charge in [-0.05, 0) is 31.2 Å². The van der Waals surface area contributed by atoms with Crippen molar-refractivity contribution in [1.29, 1.82) is 0 Å². The molecule has 22 heavy (non-hydrogen) atoms. The molecular formula is C9H13LiN2O7S3. The Morgan fingerprint density at radius 3 is 1.82 bits per heavy atom. The summed E-state index contributed by atoms with van der Waals surface area (Å²) in [4.78, 5) is -0.308. The number of sulfonamides is 2. The van der Waals surface area contributed by atoms with Crippen molar-refractivity contribution >= 4 is 35.9 Å². The molecule has 120 valence electrons. The summed E-state index contributed by atoms with van der Waals surface area (Å²) < 4.78 is 81.6. The van der Waals surface area contributed by atoms with E-state index in [1.54, 1.807) is 4.72 Å². The molecule has 2 N–H and O–H groups in total. The van der Waals surface area contributed by atoms with Crippen LogP contribution in [0.2, 0.25) is 0 Å². The fourth-order valence-electron chi connectivity index (χ4n) is 1.26. The molecular weight excluding hydrogens is 351 g/mol. The van der Waals surface area contributed by atoms with Crippen LogP contribution < -0.4 is 28.3 Å². The second-order valence-corrected chi connectivity index (χ2v) is 9.31. The first-order valence-electron chi connectivity index (χ1n) is 5.36. The molecule has 0 aliphatic heterocycles. The van der Waals surface area contributed by atoms with E-state index in [0.29, 0.717) is 0 Å². The molecule has 1 aromatic carbocycles. The van der Waals surface area contributed by atoms with Gasteiger partial charge in [0.25, 0.3) is 0 Å². The second kappa shape index (κ2) is 7.31. The number of rotatable bonds is 6. The molecule has 0 bridgehead atoms. The molecule has 1 unspecified atom stereocenters. The van der Waals surface area contributed by atoms with Crippen molar-refractivity contribution in [2.24, 2.45) is 0 Å². The van der Waals surface area contributed by atoms with Gasteiger partial charge in [-0.15, -0.1) is 0 Å². The van der Waals surface area contributed by atoms with E-state index in [2.05, 4.69) is 4.72 Å². The van der Waals surface area contributed by atoms with Crippen molar-refractivity contribution in [2.45, 2.75) is 17.2 Å². The van der Waals surface area contributed by atoms with Crippen molar-refractivity contribution in [3.8, 4) is 0 Å². The van der Waals surface area contributed by atoms with Gasteiger partial charge in [0, 0.05) is 5.69 Å². The van der Waals surface area contributed by atoms with Gasteiger partial charge in [0.1, 0.15) is 15.5 Å². The Hall–Kier alpha value is -0.613. The molecule has 1 aromatic rings. The number of hydrogen-bond acceptors (Lipinski definition) is 7. The van der Waals surface area contributed by atoms with Crippen LogP contribution in [-0.2, 0) is 30.2 Å². The predicted molar refractivity (Wildman–Crippen MR) is 74.4 cm³/mol. The summed E-state index contributed by atoms with van der Waals surface area (Å²) in [7, 11) is -12.5. The van der Waals surface area contributed by atoms with Crippen LogP contribution in [0.3, 0.4) is 0 Å². The van der Waals surface area contributed by atoms with Gasteiger partial charge in [-0.1, -0.05) is 0 Å².